The third-order valence-electron chi connectivity index (χ3n) is 4.08. The van der Waals surface area contributed by atoms with Crippen molar-refractivity contribution in [2.75, 3.05) is 18.0 Å². The summed E-state index contributed by atoms with van der Waals surface area (Å²) in [6.45, 7) is 2.19. The molecular formula is C16H16N2O2. The summed E-state index contributed by atoms with van der Waals surface area (Å²) in [5.74, 6) is -1.04. The van der Waals surface area contributed by atoms with Crippen LogP contribution in [0.3, 0.4) is 0 Å². The number of carbonyl (C=O) groups is 1. The first-order valence-electron chi connectivity index (χ1n) is 6.95. The van der Waals surface area contributed by atoms with Crippen LogP contribution >= 0.6 is 0 Å². The molecule has 0 amide bonds. The molecular weight excluding hydrogens is 252 g/mol. The van der Waals surface area contributed by atoms with Crippen molar-refractivity contribution in [3.63, 3.8) is 0 Å². The number of rotatable bonds is 2. The van der Waals surface area contributed by atoms with Gasteiger partial charge >= 0.3 is 5.97 Å². The van der Waals surface area contributed by atoms with E-state index in [0.717, 1.165) is 44.8 Å². The van der Waals surface area contributed by atoms with Gasteiger partial charge < -0.3 is 10.0 Å². The Morgan fingerprint density at radius 1 is 1.25 bits per heavy atom. The van der Waals surface area contributed by atoms with Crippen LogP contribution in [0.15, 0.2) is 18.2 Å². The molecule has 0 saturated heterocycles. The average Bonchev–Trinajstić information content (AvgIpc) is 2.45. The quantitative estimate of drug-likeness (QED) is 0.660. The second-order valence-corrected chi connectivity index (χ2v) is 5.33. The van der Waals surface area contributed by atoms with E-state index in [9.17, 15) is 9.90 Å². The molecule has 0 spiro atoms. The van der Waals surface area contributed by atoms with Crippen LogP contribution in [0.4, 0.5) is 5.69 Å². The minimum Gasteiger partial charge on any atom is -0.478 e. The van der Waals surface area contributed by atoms with E-state index in [-0.39, 0.29) is 5.57 Å². The van der Waals surface area contributed by atoms with Gasteiger partial charge in [0, 0.05) is 24.9 Å². The average molecular weight is 268 g/mol. The van der Waals surface area contributed by atoms with Crippen LogP contribution in [0.5, 0.6) is 0 Å². The number of carboxylic acid groups (broad SMARTS) is 1. The first-order valence-corrected chi connectivity index (χ1v) is 6.95. The molecule has 0 aliphatic carbocycles. The van der Waals surface area contributed by atoms with Crippen molar-refractivity contribution in [2.24, 2.45) is 0 Å². The van der Waals surface area contributed by atoms with Crippen molar-refractivity contribution in [1.29, 1.82) is 5.26 Å². The molecule has 0 radical (unpaired) electrons. The monoisotopic (exact) mass is 268 g/mol. The van der Waals surface area contributed by atoms with Gasteiger partial charge in [0.2, 0.25) is 0 Å². The van der Waals surface area contributed by atoms with Crippen LogP contribution in [-0.2, 0) is 17.6 Å². The summed E-state index contributed by atoms with van der Waals surface area (Å²) in [6, 6.07) is 5.74. The molecule has 2 aliphatic heterocycles. The Morgan fingerprint density at radius 2 is 1.85 bits per heavy atom. The number of anilines is 1. The van der Waals surface area contributed by atoms with Gasteiger partial charge in [-0.2, -0.15) is 5.26 Å². The van der Waals surface area contributed by atoms with Gasteiger partial charge in [-0.15, -0.1) is 0 Å². The van der Waals surface area contributed by atoms with Gasteiger partial charge in [-0.1, -0.05) is 0 Å². The summed E-state index contributed by atoms with van der Waals surface area (Å²) in [6.07, 6.45) is 5.33. The summed E-state index contributed by atoms with van der Waals surface area (Å²) >= 11 is 0. The number of hydrogen-bond acceptors (Lipinski definition) is 3. The van der Waals surface area contributed by atoms with Crippen molar-refractivity contribution in [3.05, 3.63) is 34.9 Å². The topological polar surface area (TPSA) is 64.3 Å². The largest absolute Gasteiger partial charge is 0.478 e. The Bertz CT molecular complexity index is 609. The zero-order chi connectivity index (χ0) is 14.1. The minimum absolute atomic E-state index is 0.0919. The van der Waals surface area contributed by atoms with E-state index >= 15 is 0 Å². The van der Waals surface area contributed by atoms with Gasteiger partial charge in [0.1, 0.15) is 0 Å². The van der Waals surface area contributed by atoms with E-state index in [2.05, 4.69) is 4.90 Å². The zero-order valence-corrected chi connectivity index (χ0v) is 11.2. The molecule has 0 aromatic heterocycles. The molecule has 3 rings (SSSR count). The highest BCUT2D eigenvalue weighted by Gasteiger charge is 2.25. The summed E-state index contributed by atoms with van der Waals surface area (Å²) in [5, 5.41) is 18.0. The first-order chi connectivity index (χ1) is 9.70. The number of benzene rings is 1. The molecule has 20 heavy (non-hydrogen) atoms. The lowest BCUT2D eigenvalue weighted by Gasteiger charge is -2.37. The van der Waals surface area contributed by atoms with E-state index in [1.807, 2.05) is 18.2 Å². The number of carboxylic acids is 1. The predicted octanol–water partition coefficient (Wildman–Crippen LogP) is 2.38. The van der Waals surface area contributed by atoms with Gasteiger partial charge in [0.05, 0.1) is 11.6 Å². The van der Waals surface area contributed by atoms with E-state index in [4.69, 9.17) is 5.26 Å². The third kappa shape index (κ3) is 2.05. The Hall–Kier alpha value is -2.28. The molecule has 0 fully saturated rings. The van der Waals surface area contributed by atoms with Gasteiger partial charge in [0.25, 0.3) is 0 Å². The molecule has 0 unspecified atom stereocenters. The normalized spacial score (nSPS) is 17.4. The fraction of sp³-hybridized carbons (Fsp3) is 0.375. The van der Waals surface area contributed by atoms with Gasteiger partial charge in [-0.05, 0) is 54.5 Å². The van der Waals surface area contributed by atoms with E-state index < -0.39 is 5.97 Å². The van der Waals surface area contributed by atoms with Crippen LogP contribution in [-0.4, -0.2) is 24.2 Å². The molecule has 0 atom stereocenters. The SMILES string of the molecule is N#C/C=C(\C(=O)O)c1cc2c3c(c1)CCCN3CCC2. The number of nitriles is 1. The van der Waals surface area contributed by atoms with E-state index in [1.54, 1.807) is 0 Å². The minimum atomic E-state index is -1.04. The fourth-order valence-electron chi connectivity index (χ4n) is 3.29. The molecule has 4 nitrogen and oxygen atoms in total. The van der Waals surface area contributed by atoms with E-state index in [0.29, 0.717) is 5.56 Å². The van der Waals surface area contributed by atoms with Gasteiger partial charge in [-0.25, -0.2) is 4.79 Å². The van der Waals surface area contributed by atoms with Crippen molar-refractivity contribution < 1.29 is 9.90 Å². The van der Waals surface area contributed by atoms with Crippen LogP contribution in [0.25, 0.3) is 5.57 Å². The second kappa shape index (κ2) is 5.01. The molecule has 0 saturated carbocycles. The summed E-state index contributed by atoms with van der Waals surface area (Å²) < 4.78 is 0. The van der Waals surface area contributed by atoms with Crippen molar-refractivity contribution in [2.45, 2.75) is 25.7 Å². The summed E-state index contributed by atoms with van der Waals surface area (Å²) in [4.78, 5) is 13.7. The lowest BCUT2D eigenvalue weighted by atomic mass is 9.88. The standard InChI is InChI=1S/C16H16N2O2/c17-6-5-14(16(19)20)13-9-11-3-1-7-18-8-2-4-12(10-13)15(11)18/h5,9-10H,1-4,7-8H2,(H,19,20)/b14-5-. The number of hydrogen-bond donors (Lipinski definition) is 1. The molecule has 2 aliphatic rings. The molecule has 1 N–H and O–H groups in total. The highest BCUT2D eigenvalue weighted by atomic mass is 16.4. The highest BCUT2D eigenvalue weighted by Crippen LogP contribution is 2.37. The molecule has 1 aromatic rings. The van der Waals surface area contributed by atoms with Crippen molar-refractivity contribution >= 4 is 17.2 Å². The Balaban J connectivity index is 2.14. The van der Waals surface area contributed by atoms with Crippen molar-refractivity contribution in [1.82, 2.24) is 0 Å². The number of allylic oxidation sites excluding steroid dienone is 1. The summed E-state index contributed by atoms with van der Waals surface area (Å²) in [5.41, 5.74) is 4.53. The van der Waals surface area contributed by atoms with Gasteiger partial charge in [0.15, 0.2) is 0 Å². The maximum atomic E-state index is 11.3. The van der Waals surface area contributed by atoms with Crippen LogP contribution in [0.1, 0.15) is 29.5 Å². The number of nitrogens with zero attached hydrogens (tertiary/aromatic N) is 2. The Labute approximate surface area is 117 Å². The zero-order valence-electron chi connectivity index (χ0n) is 11.2. The predicted molar refractivity (Wildman–Crippen MR) is 76.5 cm³/mol. The second-order valence-electron chi connectivity index (χ2n) is 5.33. The first kappa shape index (κ1) is 12.7. The molecule has 0 bridgehead atoms. The highest BCUT2D eigenvalue weighted by molar-refractivity contribution is 6.16. The fourth-order valence-corrected chi connectivity index (χ4v) is 3.29. The van der Waals surface area contributed by atoms with Crippen LogP contribution in [0, 0.1) is 11.3 Å². The lowest BCUT2D eigenvalue weighted by Crippen LogP contribution is -2.34. The molecule has 102 valence electrons. The lowest BCUT2D eigenvalue weighted by molar-refractivity contribution is -0.130. The number of aryl methyl sites for hydroxylation is 2. The smallest absolute Gasteiger partial charge is 0.337 e. The molecule has 4 heteroatoms. The van der Waals surface area contributed by atoms with Crippen molar-refractivity contribution in [3.8, 4) is 6.07 Å². The maximum Gasteiger partial charge on any atom is 0.337 e. The third-order valence-corrected chi connectivity index (χ3v) is 4.08. The van der Waals surface area contributed by atoms with Gasteiger partial charge in [-0.3, -0.25) is 0 Å². The molecule has 1 aromatic carbocycles. The Morgan fingerprint density at radius 3 is 2.35 bits per heavy atom. The van der Waals surface area contributed by atoms with E-state index in [1.165, 1.54) is 16.8 Å². The number of aliphatic carboxylic acids is 1. The van der Waals surface area contributed by atoms with Crippen LogP contribution in [0.2, 0.25) is 0 Å². The van der Waals surface area contributed by atoms with Crippen LogP contribution < -0.4 is 4.90 Å². The molecule has 2 heterocycles. The maximum absolute atomic E-state index is 11.3. The summed E-state index contributed by atoms with van der Waals surface area (Å²) in [7, 11) is 0. The Kier molecular flexibility index (Phi) is 3.19.